The third-order valence-corrected chi connectivity index (χ3v) is 4.34. The van der Waals surface area contributed by atoms with Crippen molar-refractivity contribution in [1.82, 2.24) is 15.5 Å². The highest BCUT2D eigenvalue weighted by Crippen LogP contribution is 2.19. The maximum Gasteiger partial charge on any atom is 0.191 e. The number of hydrogen-bond donors (Lipinski definition) is 2. The molecule has 0 atom stereocenters. The molecule has 2 N–H and O–H groups in total. The normalized spacial score (nSPS) is 21.3. The van der Waals surface area contributed by atoms with E-state index in [0.29, 0.717) is 6.04 Å². The maximum atomic E-state index is 4.74. The highest BCUT2D eigenvalue weighted by atomic mass is 127. The van der Waals surface area contributed by atoms with Gasteiger partial charge in [0.2, 0.25) is 0 Å². The van der Waals surface area contributed by atoms with E-state index >= 15 is 0 Å². The third-order valence-electron chi connectivity index (χ3n) is 4.34. The van der Waals surface area contributed by atoms with E-state index in [4.69, 9.17) is 4.99 Å². The fourth-order valence-corrected chi connectivity index (χ4v) is 2.96. The minimum Gasteiger partial charge on any atom is -0.357 e. The highest BCUT2D eigenvalue weighted by Gasteiger charge is 2.16. The summed E-state index contributed by atoms with van der Waals surface area (Å²) < 4.78 is 0. The molecule has 0 aromatic carbocycles. The predicted octanol–water partition coefficient (Wildman–Crippen LogP) is 2.61. The van der Waals surface area contributed by atoms with E-state index in [1.807, 2.05) is 0 Å². The Balaban J connectivity index is 0.00000220. The predicted molar refractivity (Wildman–Crippen MR) is 102 cm³/mol. The van der Waals surface area contributed by atoms with Crippen LogP contribution in [0.2, 0.25) is 0 Å². The quantitative estimate of drug-likeness (QED) is 0.319. The van der Waals surface area contributed by atoms with Crippen LogP contribution < -0.4 is 10.6 Å². The molecule has 0 aromatic heterocycles. The van der Waals surface area contributed by atoms with E-state index in [-0.39, 0.29) is 24.0 Å². The summed E-state index contributed by atoms with van der Waals surface area (Å²) in [4.78, 5) is 7.17. The zero-order chi connectivity index (χ0) is 14.2. The lowest BCUT2D eigenvalue weighted by Gasteiger charge is -2.28. The van der Waals surface area contributed by atoms with Gasteiger partial charge in [-0.05, 0) is 65.1 Å². The topological polar surface area (TPSA) is 39.7 Å². The van der Waals surface area contributed by atoms with Gasteiger partial charge in [0.1, 0.15) is 0 Å². The average Bonchev–Trinajstić information content (AvgIpc) is 2.94. The number of guanidine groups is 1. The Morgan fingerprint density at radius 1 is 1.24 bits per heavy atom. The van der Waals surface area contributed by atoms with Crippen molar-refractivity contribution in [1.29, 1.82) is 0 Å². The molecule has 2 aliphatic rings. The fraction of sp³-hybridized carbons (Fsp3) is 0.812. The fourth-order valence-electron chi connectivity index (χ4n) is 2.96. The molecule has 0 bridgehead atoms. The molecule has 1 heterocycles. The number of nitrogens with zero attached hydrogens (tertiary/aromatic N) is 2. The Kier molecular flexibility index (Phi) is 9.31. The van der Waals surface area contributed by atoms with Crippen molar-refractivity contribution in [2.75, 3.05) is 33.2 Å². The van der Waals surface area contributed by atoms with Crippen LogP contribution in [0, 0.1) is 5.92 Å². The SMILES string of the molecule is CCNC(=NCCC1CCN(C)CC1)NC1CC=CC1.I. The van der Waals surface area contributed by atoms with Gasteiger partial charge in [-0.2, -0.15) is 0 Å². The van der Waals surface area contributed by atoms with Gasteiger partial charge in [0.05, 0.1) is 0 Å². The van der Waals surface area contributed by atoms with Gasteiger partial charge >= 0.3 is 0 Å². The van der Waals surface area contributed by atoms with Gasteiger partial charge < -0.3 is 15.5 Å². The van der Waals surface area contributed by atoms with Crippen LogP contribution in [0.15, 0.2) is 17.1 Å². The number of nitrogens with one attached hydrogen (secondary N) is 2. The van der Waals surface area contributed by atoms with Gasteiger partial charge in [0, 0.05) is 19.1 Å². The molecule has 122 valence electrons. The largest absolute Gasteiger partial charge is 0.357 e. The average molecular weight is 406 g/mol. The molecule has 0 amide bonds. The molecule has 21 heavy (non-hydrogen) atoms. The van der Waals surface area contributed by atoms with Crippen LogP contribution in [0.5, 0.6) is 0 Å². The van der Waals surface area contributed by atoms with E-state index in [0.717, 1.165) is 37.8 Å². The van der Waals surface area contributed by atoms with Gasteiger partial charge in [-0.15, -0.1) is 24.0 Å². The van der Waals surface area contributed by atoms with Crippen molar-refractivity contribution < 1.29 is 0 Å². The second kappa shape index (κ2) is 10.4. The molecule has 0 radical (unpaired) electrons. The molecular formula is C16H31IN4. The molecule has 1 saturated heterocycles. The van der Waals surface area contributed by atoms with Crippen LogP contribution in [0.1, 0.15) is 39.0 Å². The number of rotatable bonds is 5. The minimum atomic E-state index is 0. The van der Waals surface area contributed by atoms with Gasteiger partial charge in [0.15, 0.2) is 5.96 Å². The zero-order valence-corrected chi connectivity index (χ0v) is 15.8. The summed E-state index contributed by atoms with van der Waals surface area (Å²) in [6.07, 6.45) is 10.6. The van der Waals surface area contributed by atoms with Crippen molar-refractivity contribution in [3.05, 3.63) is 12.2 Å². The summed E-state index contributed by atoms with van der Waals surface area (Å²) >= 11 is 0. The first-order valence-electron chi connectivity index (χ1n) is 8.16. The highest BCUT2D eigenvalue weighted by molar-refractivity contribution is 14.0. The lowest BCUT2D eigenvalue weighted by Crippen LogP contribution is -2.42. The molecule has 0 saturated carbocycles. The number of likely N-dealkylation sites (tertiary alicyclic amines) is 1. The Morgan fingerprint density at radius 2 is 1.90 bits per heavy atom. The van der Waals surface area contributed by atoms with Gasteiger partial charge in [-0.3, -0.25) is 4.99 Å². The van der Waals surface area contributed by atoms with Gasteiger partial charge in [0.25, 0.3) is 0 Å². The lowest BCUT2D eigenvalue weighted by atomic mass is 9.94. The monoisotopic (exact) mass is 406 g/mol. The first-order chi connectivity index (χ1) is 9.78. The second-order valence-corrected chi connectivity index (χ2v) is 6.08. The summed E-state index contributed by atoms with van der Waals surface area (Å²) in [5.41, 5.74) is 0. The van der Waals surface area contributed by atoms with Crippen LogP contribution in [-0.2, 0) is 0 Å². The Morgan fingerprint density at radius 3 is 2.52 bits per heavy atom. The molecule has 2 rings (SSSR count). The number of hydrogen-bond acceptors (Lipinski definition) is 2. The molecule has 1 aliphatic carbocycles. The van der Waals surface area contributed by atoms with Gasteiger partial charge in [-0.1, -0.05) is 12.2 Å². The van der Waals surface area contributed by atoms with Crippen molar-refractivity contribution in [2.24, 2.45) is 10.9 Å². The first kappa shape index (κ1) is 18.7. The lowest BCUT2D eigenvalue weighted by molar-refractivity contribution is 0.214. The van der Waals surface area contributed by atoms with Crippen LogP contribution >= 0.6 is 24.0 Å². The van der Waals surface area contributed by atoms with E-state index in [9.17, 15) is 0 Å². The standard InChI is InChI=1S/C16H30N4.HI/c1-3-17-16(19-15-6-4-5-7-15)18-11-8-14-9-12-20(2)13-10-14;/h4-5,14-15H,3,6-13H2,1-2H3,(H2,17,18,19);1H. The second-order valence-electron chi connectivity index (χ2n) is 6.08. The molecule has 5 heteroatoms. The smallest absolute Gasteiger partial charge is 0.191 e. The molecule has 0 unspecified atom stereocenters. The number of piperidine rings is 1. The van der Waals surface area contributed by atoms with Crippen LogP contribution in [0.25, 0.3) is 0 Å². The van der Waals surface area contributed by atoms with Crippen molar-refractivity contribution in [2.45, 2.75) is 45.1 Å². The summed E-state index contributed by atoms with van der Waals surface area (Å²) in [5.74, 6) is 1.86. The summed E-state index contributed by atoms with van der Waals surface area (Å²) in [6, 6.07) is 0.538. The van der Waals surface area contributed by atoms with E-state index in [1.54, 1.807) is 0 Å². The summed E-state index contributed by atoms with van der Waals surface area (Å²) in [7, 11) is 2.22. The molecular weight excluding hydrogens is 375 g/mol. The van der Waals surface area contributed by atoms with Crippen molar-refractivity contribution >= 4 is 29.9 Å². The Hall–Kier alpha value is -0.300. The Bertz CT molecular complexity index is 327. The minimum absolute atomic E-state index is 0. The molecule has 0 aromatic rings. The summed E-state index contributed by atoms with van der Waals surface area (Å²) in [6.45, 7) is 6.51. The van der Waals surface area contributed by atoms with E-state index < -0.39 is 0 Å². The van der Waals surface area contributed by atoms with E-state index in [1.165, 1.54) is 32.4 Å². The molecule has 1 fully saturated rings. The number of aliphatic imine (C=N–C) groups is 1. The molecule has 0 spiro atoms. The van der Waals surface area contributed by atoms with E-state index in [2.05, 4.69) is 41.7 Å². The zero-order valence-electron chi connectivity index (χ0n) is 13.5. The first-order valence-corrected chi connectivity index (χ1v) is 8.16. The maximum absolute atomic E-state index is 4.74. The van der Waals surface area contributed by atoms with Crippen molar-refractivity contribution in [3.8, 4) is 0 Å². The summed E-state index contributed by atoms with van der Waals surface area (Å²) in [5, 5.41) is 6.89. The molecule has 1 aliphatic heterocycles. The molecule has 4 nitrogen and oxygen atoms in total. The van der Waals surface area contributed by atoms with Gasteiger partial charge in [-0.25, -0.2) is 0 Å². The Labute approximate surface area is 146 Å². The third kappa shape index (κ3) is 7.00. The van der Waals surface area contributed by atoms with Crippen LogP contribution in [-0.4, -0.2) is 50.1 Å². The number of halogens is 1. The van der Waals surface area contributed by atoms with Crippen LogP contribution in [0.3, 0.4) is 0 Å². The van der Waals surface area contributed by atoms with Crippen LogP contribution in [0.4, 0.5) is 0 Å². The van der Waals surface area contributed by atoms with Crippen molar-refractivity contribution in [3.63, 3.8) is 0 Å².